The van der Waals surface area contributed by atoms with Gasteiger partial charge in [-0.2, -0.15) is 0 Å². The highest BCUT2D eigenvalue weighted by Gasteiger charge is 2.19. The van der Waals surface area contributed by atoms with Crippen LogP contribution >= 0.6 is 0 Å². The molecule has 2 heterocycles. The molecule has 0 fully saturated rings. The summed E-state index contributed by atoms with van der Waals surface area (Å²) in [5, 5.41) is 3.01. The van der Waals surface area contributed by atoms with Crippen molar-refractivity contribution < 1.29 is 4.79 Å². The van der Waals surface area contributed by atoms with Gasteiger partial charge in [0.25, 0.3) is 0 Å². The number of benzene rings is 1. The number of aromatic nitrogens is 3. The molecule has 6 nitrogen and oxygen atoms in total. The highest BCUT2D eigenvalue weighted by Crippen LogP contribution is 2.33. The summed E-state index contributed by atoms with van der Waals surface area (Å²) in [5.41, 5.74) is 3.90. The number of carbonyl (C=O) groups is 1. The zero-order valence-electron chi connectivity index (χ0n) is 17.0. The Morgan fingerprint density at radius 1 is 1.11 bits per heavy atom. The Hall–Kier alpha value is -2.89. The van der Waals surface area contributed by atoms with E-state index in [1.54, 1.807) is 6.33 Å². The molecule has 0 aliphatic heterocycles. The van der Waals surface area contributed by atoms with E-state index in [1.165, 1.54) is 0 Å². The zero-order valence-corrected chi connectivity index (χ0v) is 17.0. The number of nitrogens with one attached hydrogen (secondary N) is 1. The predicted octanol–water partition coefficient (Wildman–Crippen LogP) is 3.86. The van der Waals surface area contributed by atoms with Crippen molar-refractivity contribution in [3.63, 3.8) is 0 Å². The van der Waals surface area contributed by atoms with E-state index in [4.69, 9.17) is 0 Å². The third kappa shape index (κ3) is 4.16. The maximum Gasteiger partial charge on any atom is 0.239 e. The van der Waals surface area contributed by atoms with E-state index >= 15 is 0 Å². The molecule has 0 spiro atoms. The summed E-state index contributed by atoms with van der Waals surface area (Å²) in [6.07, 6.45) is 5.70. The van der Waals surface area contributed by atoms with Crippen molar-refractivity contribution in [3.05, 3.63) is 42.9 Å². The highest BCUT2D eigenvalue weighted by atomic mass is 16.1. The van der Waals surface area contributed by atoms with Gasteiger partial charge in [-0.3, -0.25) is 4.79 Å². The first-order valence-electron chi connectivity index (χ1n) is 10.1. The molecule has 2 aromatic heterocycles. The van der Waals surface area contributed by atoms with Crippen LogP contribution < -0.4 is 10.2 Å². The standard InChI is InChI=1S/C22H29N5O/c1-4-7-13-23-19(28)15-27-14-18(17-11-9-8-10-12-17)20-21(27)22(25-16-24-20)26(5-2)6-3/h8-12,14,16H,4-7,13,15H2,1-3H3,(H,23,28). The van der Waals surface area contributed by atoms with Crippen LogP contribution in [0, 0.1) is 0 Å². The van der Waals surface area contributed by atoms with Crippen LogP contribution in [0.5, 0.6) is 0 Å². The summed E-state index contributed by atoms with van der Waals surface area (Å²) in [4.78, 5) is 23.9. The molecule has 0 radical (unpaired) electrons. The van der Waals surface area contributed by atoms with Crippen LogP contribution in [0.15, 0.2) is 42.9 Å². The lowest BCUT2D eigenvalue weighted by atomic mass is 10.1. The second kappa shape index (κ2) is 9.35. The number of hydrogen-bond donors (Lipinski definition) is 1. The molecule has 3 aromatic rings. The smallest absolute Gasteiger partial charge is 0.239 e. The number of anilines is 1. The van der Waals surface area contributed by atoms with Crippen LogP contribution in [0.3, 0.4) is 0 Å². The number of hydrogen-bond acceptors (Lipinski definition) is 4. The maximum absolute atomic E-state index is 12.5. The maximum atomic E-state index is 12.5. The SMILES string of the molecule is CCCCNC(=O)Cn1cc(-c2ccccc2)c2ncnc(N(CC)CC)c21. The molecule has 0 aliphatic carbocycles. The fourth-order valence-corrected chi connectivity index (χ4v) is 3.44. The van der Waals surface area contributed by atoms with Crippen LogP contribution in [0.25, 0.3) is 22.2 Å². The summed E-state index contributed by atoms with van der Waals surface area (Å²) in [5.74, 6) is 0.887. The number of amides is 1. The van der Waals surface area contributed by atoms with Crippen molar-refractivity contribution in [2.24, 2.45) is 0 Å². The van der Waals surface area contributed by atoms with Gasteiger partial charge in [0, 0.05) is 31.4 Å². The van der Waals surface area contributed by atoms with Gasteiger partial charge in [-0.25, -0.2) is 9.97 Å². The first kappa shape index (κ1) is 19.9. The molecule has 1 aromatic carbocycles. The minimum absolute atomic E-state index is 0.0133. The minimum Gasteiger partial charge on any atom is -0.355 e. The van der Waals surface area contributed by atoms with Crippen LogP contribution in [0.2, 0.25) is 0 Å². The molecule has 1 amide bonds. The molecule has 0 saturated heterocycles. The van der Waals surface area contributed by atoms with Gasteiger partial charge >= 0.3 is 0 Å². The van der Waals surface area contributed by atoms with Gasteiger partial charge in [0.2, 0.25) is 5.91 Å². The predicted molar refractivity (Wildman–Crippen MR) is 114 cm³/mol. The lowest BCUT2D eigenvalue weighted by Crippen LogP contribution is -2.29. The van der Waals surface area contributed by atoms with E-state index in [1.807, 2.05) is 29.0 Å². The number of nitrogens with zero attached hydrogens (tertiary/aromatic N) is 4. The first-order chi connectivity index (χ1) is 13.7. The molecule has 0 aliphatic rings. The second-order valence-electron chi connectivity index (χ2n) is 6.81. The summed E-state index contributed by atoms with van der Waals surface area (Å²) in [6.45, 7) is 8.99. The van der Waals surface area contributed by atoms with E-state index in [0.29, 0.717) is 6.54 Å². The normalized spacial score (nSPS) is 11.0. The molecule has 6 heteroatoms. The van der Waals surface area contributed by atoms with Gasteiger partial charge in [-0.05, 0) is 25.8 Å². The fourth-order valence-electron chi connectivity index (χ4n) is 3.44. The summed E-state index contributed by atoms with van der Waals surface area (Å²) in [6, 6.07) is 10.2. The molecule has 0 atom stereocenters. The van der Waals surface area contributed by atoms with E-state index in [-0.39, 0.29) is 12.5 Å². The number of unbranched alkanes of at least 4 members (excludes halogenated alkanes) is 1. The van der Waals surface area contributed by atoms with Crippen molar-refractivity contribution in [1.82, 2.24) is 19.9 Å². The van der Waals surface area contributed by atoms with E-state index in [0.717, 1.165) is 53.9 Å². The number of fused-ring (bicyclic) bond motifs is 1. The lowest BCUT2D eigenvalue weighted by molar-refractivity contribution is -0.121. The molecule has 1 N–H and O–H groups in total. The van der Waals surface area contributed by atoms with Gasteiger partial charge in [0.05, 0.1) is 0 Å². The van der Waals surface area contributed by atoms with Gasteiger partial charge < -0.3 is 14.8 Å². The van der Waals surface area contributed by atoms with E-state index < -0.39 is 0 Å². The Morgan fingerprint density at radius 2 is 1.86 bits per heavy atom. The lowest BCUT2D eigenvalue weighted by Gasteiger charge is -2.21. The van der Waals surface area contributed by atoms with Gasteiger partial charge in [-0.15, -0.1) is 0 Å². The zero-order chi connectivity index (χ0) is 19.9. The van der Waals surface area contributed by atoms with Gasteiger partial charge in [-0.1, -0.05) is 43.7 Å². The molecule has 3 rings (SSSR count). The second-order valence-corrected chi connectivity index (χ2v) is 6.81. The first-order valence-corrected chi connectivity index (χ1v) is 10.1. The molecule has 148 valence electrons. The van der Waals surface area contributed by atoms with Gasteiger partial charge in [0.15, 0.2) is 5.82 Å². The molecular weight excluding hydrogens is 350 g/mol. The van der Waals surface area contributed by atoms with Crippen LogP contribution in [0.1, 0.15) is 33.6 Å². The van der Waals surface area contributed by atoms with Crippen LogP contribution in [0.4, 0.5) is 5.82 Å². The molecular formula is C22H29N5O. The Balaban J connectivity index is 2.08. The molecule has 0 saturated carbocycles. The fraction of sp³-hybridized carbons (Fsp3) is 0.409. The van der Waals surface area contributed by atoms with E-state index in [2.05, 4.69) is 53.1 Å². The monoisotopic (exact) mass is 379 g/mol. The van der Waals surface area contributed by atoms with Crippen molar-refractivity contribution in [2.75, 3.05) is 24.5 Å². The number of rotatable bonds is 9. The average Bonchev–Trinajstić information content (AvgIpc) is 3.09. The van der Waals surface area contributed by atoms with Crippen molar-refractivity contribution in [1.29, 1.82) is 0 Å². The largest absolute Gasteiger partial charge is 0.355 e. The third-order valence-corrected chi connectivity index (χ3v) is 4.94. The third-order valence-electron chi connectivity index (χ3n) is 4.94. The van der Waals surface area contributed by atoms with Crippen molar-refractivity contribution >= 4 is 22.8 Å². The van der Waals surface area contributed by atoms with Crippen molar-refractivity contribution in [2.45, 2.75) is 40.2 Å². The van der Waals surface area contributed by atoms with E-state index in [9.17, 15) is 4.79 Å². The summed E-state index contributed by atoms with van der Waals surface area (Å²) < 4.78 is 1.99. The average molecular weight is 380 g/mol. The molecule has 0 bridgehead atoms. The highest BCUT2D eigenvalue weighted by molar-refractivity contribution is 5.99. The Labute approximate surface area is 166 Å². The number of carbonyl (C=O) groups excluding carboxylic acids is 1. The van der Waals surface area contributed by atoms with Gasteiger partial charge in [0.1, 0.15) is 23.9 Å². The van der Waals surface area contributed by atoms with Crippen LogP contribution in [-0.4, -0.2) is 40.1 Å². The Kier molecular flexibility index (Phi) is 6.63. The quantitative estimate of drug-likeness (QED) is 0.574. The molecule has 0 unspecified atom stereocenters. The van der Waals surface area contributed by atoms with Crippen molar-refractivity contribution in [3.8, 4) is 11.1 Å². The topological polar surface area (TPSA) is 63.1 Å². The Morgan fingerprint density at radius 3 is 2.54 bits per heavy atom. The Bertz CT molecular complexity index is 915. The molecule has 28 heavy (non-hydrogen) atoms. The van der Waals surface area contributed by atoms with Crippen LogP contribution in [-0.2, 0) is 11.3 Å². The summed E-state index contributed by atoms with van der Waals surface area (Å²) in [7, 11) is 0. The minimum atomic E-state index is 0.0133. The summed E-state index contributed by atoms with van der Waals surface area (Å²) >= 11 is 0.